The SMILES string of the molecule is CCS(=O)(=O)c1c2cccc(Cl)c2nn1-c1nc2cc(C(C)(F)F)cnc2n1C. The van der Waals surface area contributed by atoms with Crippen LogP contribution in [0.15, 0.2) is 35.5 Å². The first-order chi connectivity index (χ1) is 13.5. The smallest absolute Gasteiger partial charge is 0.272 e. The first kappa shape index (κ1) is 19.7. The van der Waals surface area contributed by atoms with E-state index >= 15 is 0 Å². The number of fused-ring (bicyclic) bond motifs is 2. The Morgan fingerprint density at radius 3 is 2.66 bits per heavy atom. The summed E-state index contributed by atoms with van der Waals surface area (Å²) in [6.07, 6.45) is 1.08. The summed E-state index contributed by atoms with van der Waals surface area (Å²) in [7, 11) is -2.11. The molecule has 7 nitrogen and oxygen atoms in total. The minimum Gasteiger partial charge on any atom is -0.296 e. The monoisotopic (exact) mass is 439 g/mol. The molecule has 0 fully saturated rings. The molecule has 0 N–H and O–H groups in total. The Labute approximate surface area is 169 Å². The van der Waals surface area contributed by atoms with Gasteiger partial charge < -0.3 is 0 Å². The molecule has 3 aromatic heterocycles. The molecule has 0 saturated heterocycles. The number of rotatable bonds is 4. The molecule has 0 unspecified atom stereocenters. The van der Waals surface area contributed by atoms with Gasteiger partial charge in [0.05, 0.1) is 10.8 Å². The lowest BCUT2D eigenvalue weighted by molar-refractivity contribution is 0.0172. The van der Waals surface area contributed by atoms with Crippen LogP contribution in [-0.2, 0) is 22.8 Å². The number of sulfone groups is 1. The summed E-state index contributed by atoms with van der Waals surface area (Å²) in [5.41, 5.74) is 0.539. The third-order valence-electron chi connectivity index (χ3n) is 4.67. The van der Waals surface area contributed by atoms with Crippen molar-refractivity contribution in [2.45, 2.75) is 24.8 Å². The molecule has 11 heteroatoms. The Bertz CT molecular complexity index is 1370. The van der Waals surface area contributed by atoms with E-state index in [0.29, 0.717) is 21.6 Å². The second-order valence-electron chi connectivity index (χ2n) is 6.68. The number of nitrogens with zero attached hydrogens (tertiary/aromatic N) is 5. The zero-order valence-corrected chi connectivity index (χ0v) is 17.3. The molecule has 1 aromatic carbocycles. The van der Waals surface area contributed by atoms with Crippen LogP contribution >= 0.6 is 11.6 Å². The number of imidazole rings is 1. The molecular weight excluding hydrogens is 424 g/mol. The third-order valence-corrected chi connectivity index (χ3v) is 6.71. The van der Waals surface area contributed by atoms with E-state index in [1.807, 2.05) is 0 Å². The van der Waals surface area contributed by atoms with E-state index in [1.165, 1.54) is 22.2 Å². The summed E-state index contributed by atoms with van der Waals surface area (Å²) in [5, 5.41) is 4.96. The lowest BCUT2D eigenvalue weighted by Gasteiger charge is -2.09. The van der Waals surface area contributed by atoms with Crippen LogP contribution in [0.2, 0.25) is 5.02 Å². The Balaban J connectivity index is 2.07. The molecule has 0 bridgehead atoms. The van der Waals surface area contributed by atoms with Gasteiger partial charge in [0.25, 0.3) is 5.92 Å². The van der Waals surface area contributed by atoms with E-state index in [9.17, 15) is 17.2 Å². The van der Waals surface area contributed by atoms with Gasteiger partial charge in [-0.3, -0.25) is 4.57 Å². The summed E-state index contributed by atoms with van der Waals surface area (Å²) >= 11 is 6.22. The van der Waals surface area contributed by atoms with E-state index in [4.69, 9.17) is 11.6 Å². The highest BCUT2D eigenvalue weighted by atomic mass is 35.5. The van der Waals surface area contributed by atoms with Crippen molar-refractivity contribution >= 4 is 43.5 Å². The molecule has 0 atom stereocenters. The van der Waals surface area contributed by atoms with Gasteiger partial charge in [-0.1, -0.05) is 24.6 Å². The van der Waals surface area contributed by atoms with Crippen molar-refractivity contribution < 1.29 is 17.2 Å². The van der Waals surface area contributed by atoms with Crippen LogP contribution in [0.1, 0.15) is 19.4 Å². The van der Waals surface area contributed by atoms with Crippen molar-refractivity contribution in [3.63, 3.8) is 0 Å². The van der Waals surface area contributed by atoms with Crippen LogP contribution in [0.4, 0.5) is 8.78 Å². The molecule has 0 amide bonds. The third kappa shape index (κ3) is 3.06. The number of aromatic nitrogens is 5. The molecule has 0 radical (unpaired) electrons. The van der Waals surface area contributed by atoms with Crippen LogP contribution in [-0.4, -0.2) is 38.5 Å². The number of hydrogen-bond donors (Lipinski definition) is 0. The maximum absolute atomic E-state index is 13.7. The molecule has 3 heterocycles. The Kier molecular flexibility index (Phi) is 4.39. The van der Waals surface area contributed by atoms with E-state index in [-0.39, 0.29) is 27.8 Å². The maximum atomic E-state index is 13.7. The minimum absolute atomic E-state index is 0.0584. The average molecular weight is 440 g/mol. The van der Waals surface area contributed by atoms with Gasteiger partial charge in [0.1, 0.15) is 11.0 Å². The Morgan fingerprint density at radius 1 is 1.28 bits per heavy atom. The number of alkyl halides is 2. The number of hydrogen-bond acceptors (Lipinski definition) is 5. The quantitative estimate of drug-likeness (QED) is 0.482. The van der Waals surface area contributed by atoms with Crippen molar-refractivity contribution in [3.05, 3.63) is 41.0 Å². The van der Waals surface area contributed by atoms with Gasteiger partial charge in [0.2, 0.25) is 5.95 Å². The summed E-state index contributed by atoms with van der Waals surface area (Å²) in [6.45, 7) is 2.29. The normalized spacial score (nSPS) is 12.9. The van der Waals surface area contributed by atoms with Crippen LogP contribution < -0.4 is 0 Å². The molecule has 0 spiro atoms. The highest BCUT2D eigenvalue weighted by molar-refractivity contribution is 7.91. The first-order valence-electron chi connectivity index (χ1n) is 8.65. The number of halogens is 3. The fourth-order valence-electron chi connectivity index (χ4n) is 3.11. The predicted octanol–water partition coefficient (Wildman–Crippen LogP) is 3.87. The van der Waals surface area contributed by atoms with Crippen molar-refractivity contribution in [1.29, 1.82) is 0 Å². The van der Waals surface area contributed by atoms with Gasteiger partial charge in [-0.25, -0.2) is 27.2 Å². The molecule has 152 valence electrons. The highest BCUT2D eigenvalue weighted by Crippen LogP contribution is 2.32. The largest absolute Gasteiger partial charge is 0.296 e. The van der Waals surface area contributed by atoms with Crippen molar-refractivity contribution in [1.82, 2.24) is 24.3 Å². The fraction of sp³-hybridized carbons (Fsp3) is 0.278. The molecule has 0 saturated carbocycles. The van der Waals surface area contributed by atoms with Crippen LogP contribution in [0.3, 0.4) is 0 Å². The topological polar surface area (TPSA) is 82.7 Å². The van der Waals surface area contributed by atoms with Gasteiger partial charge >= 0.3 is 0 Å². The molecular formula is C18H16ClF2N5O2S. The first-order valence-corrected chi connectivity index (χ1v) is 10.7. The zero-order valence-electron chi connectivity index (χ0n) is 15.7. The lowest BCUT2D eigenvalue weighted by atomic mass is 10.2. The molecule has 4 aromatic rings. The van der Waals surface area contributed by atoms with Crippen molar-refractivity contribution in [2.24, 2.45) is 7.05 Å². The van der Waals surface area contributed by atoms with E-state index in [0.717, 1.165) is 13.1 Å². The number of aryl methyl sites for hydroxylation is 1. The Hall–Kier alpha value is -2.59. The molecule has 0 aliphatic carbocycles. The fourth-order valence-corrected chi connectivity index (χ4v) is 4.49. The molecule has 0 aliphatic heterocycles. The second-order valence-corrected chi connectivity index (χ2v) is 9.28. The number of benzene rings is 1. The number of pyridine rings is 1. The predicted molar refractivity (Wildman–Crippen MR) is 105 cm³/mol. The maximum Gasteiger partial charge on any atom is 0.272 e. The second kappa shape index (κ2) is 6.46. The zero-order chi connectivity index (χ0) is 21.1. The Morgan fingerprint density at radius 2 is 2.00 bits per heavy atom. The van der Waals surface area contributed by atoms with Gasteiger partial charge in [-0.15, -0.1) is 0 Å². The summed E-state index contributed by atoms with van der Waals surface area (Å²) in [5.74, 6) is -3.11. The standard InChI is InChI=1S/C18H16ClF2N5O2S/c1-4-29(27,28)16-11-6-5-7-12(19)14(11)24-26(16)17-23-13-8-10(18(2,20)21)9-22-15(13)25(17)3/h5-9H,4H2,1-3H3. The van der Waals surface area contributed by atoms with Gasteiger partial charge in [-0.05, 0) is 18.2 Å². The minimum atomic E-state index is -3.71. The molecule has 29 heavy (non-hydrogen) atoms. The molecule has 4 rings (SSSR count). The van der Waals surface area contributed by atoms with Crippen molar-refractivity contribution in [2.75, 3.05) is 5.75 Å². The van der Waals surface area contributed by atoms with Crippen LogP contribution in [0.25, 0.3) is 28.0 Å². The van der Waals surface area contributed by atoms with E-state index in [2.05, 4.69) is 15.1 Å². The van der Waals surface area contributed by atoms with Crippen molar-refractivity contribution in [3.8, 4) is 5.95 Å². The van der Waals surface area contributed by atoms with E-state index < -0.39 is 15.8 Å². The summed E-state index contributed by atoms with van der Waals surface area (Å²) in [6, 6.07) is 6.09. The summed E-state index contributed by atoms with van der Waals surface area (Å²) in [4.78, 5) is 8.43. The summed E-state index contributed by atoms with van der Waals surface area (Å²) < 4.78 is 55.7. The highest BCUT2D eigenvalue weighted by Gasteiger charge is 2.29. The molecule has 0 aliphatic rings. The average Bonchev–Trinajstić information content (AvgIpc) is 3.20. The van der Waals surface area contributed by atoms with E-state index in [1.54, 1.807) is 25.2 Å². The van der Waals surface area contributed by atoms with Gasteiger partial charge in [-0.2, -0.15) is 9.78 Å². The van der Waals surface area contributed by atoms with Gasteiger partial charge in [0, 0.05) is 31.1 Å². The van der Waals surface area contributed by atoms with Gasteiger partial charge in [0.15, 0.2) is 20.5 Å². The van der Waals surface area contributed by atoms with Crippen LogP contribution in [0, 0.1) is 0 Å². The van der Waals surface area contributed by atoms with Crippen LogP contribution in [0.5, 0.6) is 0 Å². The lowest BCUT2D eigenvalue weighted by Crippen LogP contribution is -2.14.